The lowest BCUT2D eigenvalue weighted by Crippen LogP contribution is -2.42. The van der Waals surface area contributed by atoms with Gasteiger partial charge in [0.2, 0.25) is 5.91 Å². The first-order valence-electron chi connectivity index (χ1n) is 8.47. The number of ether oxygens (including phenoxy) is 1. The normalized spacial score (nSPS) is 11.5. The molecule has 138 valence electrons. The molecule has 5 nitrogen and oxygen atoms in total. The van der Waals surface area contributed by atoms with E-state index < -0.39 is 6.10 Å². The summed E-state index contributed by atoms with van der Waals surface area (Å²) in [6.45, 7) is 4.08. The van der Waals surface area contributed by atoms with Crippen LogP contribution in [0.5, 0.6) is 5.75 Å². The van der Waals surface area contributed by atoms with Crippen molar-refractivity contribution in [3.63, 3.8) is 0 Å². The lowest BCUT2D eigenvalue weighted by molar-refractivity contribution is -0.130. The monoisotopic (exact) mass is 418 g/mol. The number of rotatable bonds is 8. The Morgan fingerprint density at radius 3 is 2.54 bits per heavy atom. The minimum absolute atomic E-state index is 0.0730. The van der Waals surface area contributed by atoms with Gasteiger partial charge in [0.1, 0.15) is 5.75 Å². The average molecular weight is 419 g/mol. The molecule has 0 heterocycles. The number of benzene rings is 2. The number of aryl methyl sites for hydroxylation is 1. The molecule has 2 aromatic rings. The number of carbonyl (C=O) groups is 2. The van der Waals surface area contributed by atoms with Crippen molar-refractivity contribution in [2.75, 3.05) is 13.1 Å². The number of hydrogen-bond acceptors (Lipinski definition) is 3. The van der Waals surface area contributed by atoms with E-state index in [0.29, 0.717) is 12.3 Å². The maximum Gasteiger partial charge on any atom is 0.261 e. The molecule has 1 atom stereocenters. The third-order valence-corrected chi connectivity index (χ3v) is 4.38. The molecule has 0 aromatic heterocycles. The molecule has 2 rings (SSSR count). The average Bonchev–Trinajstić information content (AvgIpc) is 2.63. The highest BCUT2D eigenvalue weighted by Crippen LogP contribution is 2.26. The fraction of sp³-hybridized carbons (Fsp3) is 0.300. The van der Waals surface area contributed by atoms with Gasteiger partial charge in [-0.25, -0.2) is 0 Å². The fourth-order valence-corrected chi connectivity index (χ4v) is 2.90. The van der Waals surface area contributed by atoms with Gasteiger partial charge in [0.15, 0.2) is 6.10 Å². The first kappa shape index (κ1) is 20.0. The molecule has 0 radical (unpaired) electrons. The molecule has 0 bridgehead atoms. The summed E-state index contributed by atoms with van der Waals surface area (Å²) in [6.07, 6.45) is 0.0488. The highest BCUT2D eigenvalue weighted by Gasteiger charge is 2.16. The Morgan fingerprint density at radius 1 is 1.12 bits per heavy atom. The Labute approximate surface area is 162 Å². The molecule has 0 saturated heterocycles. The van der Waals surface area contributed by atoms with Gasteiger partial charge in [0.25, 0.3) is 5.91 Å². The van der Waals surface area contributed by atoms with E-state index in [1.807, 2.05) is 49.4 Å². The van der Waals surface area contributed by atoms with Gasteiger partial charge in [0, 0.05) is 6.54 Å². The first-order valence-corrected chi connectivity index (χ1v) is 9.26. The zero-order valence-corrected chi connectivity index (χ0v) is 16.5. The second-order valence-electron chi connectivity index (χ2n) is 6.00. The van der Waals surface area contributed by atoms with Crippen molar-refractivity contribution >= 4 is 27.7 Å². The van der Waals surface area contributed by atoms with Crippen LogP contribution in [0, 0.1) is 6.92 Å². The van der Waals surface area contributed by atoms with Crippen LogP contribution in [0.15, 0.2) is 53.0 Å². The Morgan fingerprint density at radius 2 is 1.85 bits per heavy atom. The Balaban J connectivity index is 1.70. The first-order chi connectivity index (χ1) is 12.5. The molecule has 1 unspecified atom stereocenters. The lowest BCUT2D eigenvalue weighted by atomic mass is 10.1. The van der Waals surface area contributed by atoms with Crippen LogP contribution in [0.3, 0.4) is 0 Å². The topological polar surface area (TPSA) is 67.4 Å². The highest BCUT2D eigenvalue weighted by molar-refractivity contribution is 9.10. The second-order valence-corrected chi connectivity index (χ2v) is 6.85. The zero-order valence-electron chi connectivity index (χ0n) is 14.9. The van der Waals surface area contributed by atoms with Crippen LogP contribution >= 0.6 is 15.9 Å². The van der Waals surface area contributed by atoms with Crippen molar-refractivity contribution in [1.29, 1.82) is 0 Å². The standard InChI is InChI=1S/C20H23BrN2O3/c1-14-8-9-18(17(21)12-14)26-15(2)20(25)23-13-19(24)22-11-10-16-6-4-3-5-7-16/h3-9,12,15H,10-11,13H2,1-2H3,(H,22,24)(H,23,25). The van der Waals surface area contributed by atoms with E-state index in [1.165, 1.54) is 0 Å². The summed E-state index contributed by atoms with van der Waals surface area (Å²) in [7, 11) is 0. The summed E-state index contributed by atoms with van der Waals surface area (Å²) in [5, 5.41) is 5.38. The molecule has 2 N–H and O–H groups in total. The predicted molar refractivity (Wildman–Crippen MR) is 105 cm³/mol. The van der Waals surface area contributed by atoms with Crippen LogP contribution in [0.25, 0.3) is 0 Å². The maximum absolute atomic E-state index is 12.1. The van der Waals surface area contributed by atoms with Crippen LogP contribution < -0.4 is 15.4 Å². The van der Waals surface area contributed by atoms with Crippen molar-refractivity contribution in [3.8, 4) is 5.75 Å². The summed E-state index contributed by atoms with van der Waals surface area (Å²) in [5.41, 5.74) is 2.25. The molecule has 0 spiro atoms. The van der Waals surface area contributed by atoms with Gasteiger partial charge in [-0.2, -0.15) is 0 Å². The quantitative estimate of drug-likeness (QED) is 0.692. The molecule has 2 aromatic carbocycles. The summed E-state index contributed by atoms with van der Waals surface area (Å²) >= 11 is 3.41. The van der Waals surface area contributed by atoms with Crippen molar-refractivity contribution in [1.82, 2.24) is 10.6 Å². The van der Waals surface area contributed by atoms with Gasteiger partial charge in [0.05, 0.1) is 11.0 Å². The molecular formula is C20H23BrN2O3. The van der Waals surface area contributed by atoms with Gasteiger partial charge >= 0.3 is 0 Å². The Hall–Kier alpha value is -2.34. The van der Waals surface area contributed by atoms with Gasteiger partial charge in [-0.1, -0.05) is 36.4 Å². The van der Waals surface area contributed by atoms with Gasteiger partial charge in [-0.05, 0) is 59.5 Å². The van der Waals surface area contributed by atoms with Crippen LogP contribution in [0.1, 0.15) is 18.1 Å². The van der Waals surface area contributed by atoms with Crippen LogP contribution in [-0.2, 0) is 16.0 Å². The smallest absolute Gasteiger partial charge is 0.261 e. The molecule has 6 heteroatoms. The molecule has 2 amide bonds. The summed E-state index contributed by atoms with van der Waals surface area (Å²) < 4.78 is 6.43. The van der Waals surface area contributed by atoms with E-state index in [0.717, 1.165) is 22.0 Å². The van der Waals surface area contributed by atoms with Gasteiger partial charge in [-0.15, -0.1) is 0 Å². The third kappa shape index (κ3) is 6.52. The number of nitrogens with one attached hydrogen (secondary N) is 2. The van der Waals surface area contributed by atoms with Crippen LogP contribution in [-0.4, -0.2) is 31.0 Å². The van der Waals surface area contributed by atoms with E-state index in [4.69, 9.17) is 4.74 Å². The van der Waals surface area contributed by atoms with Gasteiger partial charge in [-0.3, -0.25) is 9.59 Å². The Bertz CT molecular complexity index is 750. The highest BCUT2D eigenvalue weighted by atomic mass is 79.9. The van der Waals surface area contributed by atoms with Crippen LogP contribution in [0.4, 0.5) is 0 Å². The summed E-state index contributed by atoms with van der Waals surface area (Å²) in [4.78, 5) is 23.9. The Kier molecular flexibility index (Phi) is 7.66. The maximum atomic E-state index is 12.1. The molecule has 0 saturated carbocycles. The van der Waals surface area contributed by atoms with Crippen molar-refractivity contribution < 1.29 is 14.3 Å². The molecular weight excluding hydrogens is 396 g/mol. The SMILES string of the molecule is Cc1ccc(OC(C)C(=O)NCC(=O)NCCc2ccccc2)c(Br)c1. The van der Waals surface area contributed by atoms with Crippen LogP contribution in [0.2, 0.25) is 0 Å². The molecule has 0 aliphatic rings. The predicted octanol–water partition coefficient (Wildman–Crippen LogP) is 3.00. The number of amides is 2. The largest absolute Gasteiger partial charge is 0.480 e. The van der Waals surface area contributed by atoms with E-state index in [1.54, 1.807) is 13.0 Å². The number of carbonyl (C=O) groups excluding carboxylic acids is 2. The van der Waals surface area contributed by atoms with Crippen molar-refractivity contribution in [2.24, 2.45) is 0 Å². The van der Waals surface area contributed by atoms with Crippen molar-refractivity contribution in [3.05, 3.63) is 64.1 Å². The minimum atomic E-state index is -0.703. The second kappa shape index (κ2) is 9.97. The molecule has 26 heavy (non-hydrogen) atoms. The number of hydrogen-bond donors (Lipinski definition) is 2. The van der Waals surface area contributed by atoms with E-state index in [-0.39, 0.29) is 18.4 Å². The van der Waals surface area contributed by atoms with Gasteiger partial charge < -0.3 is 15.4 Å². The van der Waals surface area contributed by atoms with E-state index >= 15 is 0 Å². The molecule has 0 aliphatic carbocycles. The zero-order chi connectivity index (χ0) is 18.9. The van der Waals surface area contributed by atoms with Crippen molar-refractivity contribution in [2.45, 2.75) is 26.4 Å². The fourth-order valence-electron chi connectivity index (χ4n) is 2.31. The summed E-state index contributed by atoms with van der Waals surface area (Å²) in [5.74, 6) is 0.0271. The van der Waals surface area contributed by atoms with E-state index in [9.17, 15) is 9.59 Å². The number of halogens is 1. The van der Waals surface area contributed by atoms with E-state index in [2.05, 4.69) is 26.6 Å². The molecule has 0 aliphatic heterocycles. The molecule has 0 fully saturated rings. The minimum Gasteiger partial charge on any atom is -0.480 e. The summed E-state index contributed by atoms with van der Waals surface area (Å²) in [6, 6.07) is 15.5. The third-order valence-electron chi connectivity index (χ3n) is 3.76. The lowest BCUT2D eigenvalue weighted by Gasteiger charge is -2.16.